The summed E-state index contributed by atoms with van der Waals surface area (Å²) in [6.07, 6.45) is 5.00. The van der Waals surface area contributed by atoms with Crippen molar-refractivity contribution >= 4 is 6.08 Å². The second-order valence-corrected chi connectivity index (χ2v) is 3.64. The summed E-state index contributed by atoms with van der Waals surface area (Å²) >= 11 is 0. The highest BCUT2D eigenvalue weighted by Gasteiger charge is 1.98. The lowest BCUT2D eigenvalue weighted by molar-refractivity contribution is 0.554. The second kappa shape index (κ2) is 5.66. The minimum absolute atomic E-state index is 0.938. The number of hydrogen-bond acceptors (Lipinski definition) is 2. The normalized spacial score (nSPS) is 12.1. The van der Waals surface area contributed by atoms with Crippen LogP contribution in [-0.2, 0) is 0 Å². The summed E-state index contributed by atoms with van der Waals surface area (Å²) < 4.78 is 5.34. The molecular formula is C12H19NO. The molecule has 0 aliphatic heterocycles. The van der Waals surface area contributed by atoms with Crippen LogP contribution in [0.2, 0.25) is 0 Å². The minimum Gasteiger partial charge on any atom is -0.465 e. The maximum absolute atomic E-state index is 5.34. The summed E-state index contributed by atoms with van der Waals surface area (Å²) in [6.45, 7) is 8.35. The topological polar surface area (TPSA) is 25.2 Å². The zero-order chi connectivity index (χ0) is 10.4. The molecule has 78 valence electrons. The fourth-order valence-corrected chi connectivity index (χ4v) is 1.27. The lowest BCUT2D eigenvalue weighted by atomic mass is 10.2. The molecule has 0 saturated carbocycles. The van der Waals surface area contributed by atoms with E-state index in [1.54, 1.807) is 6.26 Å². The van der Waals surface area contributed by atoms with E-state index >= 15 is 0 Å². The number of rotatable bonds is 5. The molecule has 1 rings (SSSR count). The van der Waals surface area contributed by atoms with Crippen LogP contribution in [-0.4, -0.2) is 13.1 Å². The molecule has 0 bridgehead atoms. The molecule has 0 saturated heterocycles. The van der Waals surface area contributed by atoms with E-state index < -0.39 is 0 Å². The van der Waals surface area contributed by atoms with Gasteiger partial charge in [-0.2, -0.15) is 0 Å². The van der Waals surface area contributed by atoms with E-state index in [1.807, 2.05) is 6.07 Å². The summed E-state index contributed by atoms with van der Waals surface area (Å²) in [5.74, 6) is 0.973. The Balaban J connectivity index is 2.47. The van der Waals surface area contributed by atoms with Gasteiger partial charge in [0.2, 0.25) is 0 Å². The van der Waals surface area contributed by atoms with Crippen LogP contribution in [0.15, 0.2) is 22.3 Å². The molecule has 1 heterocycles. The summed E-state index contributed by atoms with van der Waals surface area (Å²) in [4.78, 5) is 0. The minimum atomic E-state index is 0.938. The van der Waals surface area contributed by atoms with Crippen molar-refractivity contribution < 1.29 is 4.42 Å². The van der Waals surface area contributed by atoms with Gasteiger partial charge >= 0.3 is 0 Å². The molecule has 0 unspecified atom stereocenters. The molecule has 0 aromatic carbocycles. The fraction of sp³-hybridized carbons (Fsp3) is 0.500. The highest BCUT2D eigenvalue weighted by Crippen LogP contribution is 2.12. The highest BCUT2D eigenvalue weighted by atomic mass is 16.3. The number of hydrogen-bond donors (Lipinski definition) is 1. The predicted octanol–water partition coefficient (Wildman–Crippen LogP) is 2.99. The third-order valence-electron chi connectivity index (χ3n) is 2.11. The zero-order valence-electron chi connectivity index (χ0n) is 9.26. The summed E-state index contributed by atoms with van der Waals surface area (Å²) in [7, 11) is 0. The van der Waals surface area contributed by atoms with Gasteiger partial charge in [0.25, 0.3) is 0 Å². The van der Waals surface area contributed by atoms with Crippen LogP contribution in [0.4, 0.5) is 0 Å². The van der Waals surface area contributed by atoms with Crippen molar-refractivity contribution in [2.75, 3.05) is 13.1 Å². The molecular weight excluding hydrogens is 174 g/mol. The first-order valence-corrected chi connectivity index (χ1v) is 5.16. The van der Waals surface area contributed by atoms with Gasteiger partial charge in [-0.15, -0.1) is 0 Å². The van der Waals surface area contributed by atoms with Crippen LogP contribution in [0.5, 0.6) is 0 Å². The molecule has 0 fully saturated rings. The van der Waals surface area contributed by atoms with Gasteiger partial charge in [0.1, 0.15) is 5.76 Å². The van der Waals surface area contributed by atoms with Crippen LogP contribution in [0.25, 0.3) is 6.08 Å². The lowest BCUT2D eigenvalue weighted by Crippen LogP contribution is -2.16. The third-order valence-corrected chi connectivity index (χ3v) is 2.11. The maximum atomic E-state index is 5.34. The van der Waals surface area contributed by atoms with Gasteiger partial charge in [-0.1, -0.05) is 12.5 Å². The monoisotopic (exact) mass is 193 g/mol. The number of aryl methyl sites for hydroxylation is 1. The Bertz CT molecular complexity index is 299. The SMILES string of the molecule is CCCNC/C(C)=C/c1occc1C. The van der Waals surface area contributed by atoms with Crippen LogP contribution in [0.1, 0.15) is 31.6 Å². The smallest absolute Gasteiger partial charge is 0.129 e. The Kier molecular flexibility index (Phi) is 4.47. The molecule has 0 aliphatic rings. The van der Waals surface area contributed by atoms with E-state index in [9.17, 15) is 0 Å². The van der Waals surface area contributed by atoms with Gasteiger partial charge in [-0.25, -0.2) is 0 Å². The Morgan fingerprint density at radius 1 is 1.57 bits per heavy atom. The van der Waals surface area contributed by atoms with Gasteiger partial charge in [-0.3, -0.25) is 0 Å². The summed E-state index contributed by atoms with van der Waals surface area (Å²) in [5.41, 5.74) is 2.50. The van der Waals surface area contributed by atoms with E-state index in [4.69, 9.17) is 4.42 Å². The molecule has 14 heavy (non-hydrogen) atoms. The average molecular weight is 193 g/mol. The first-order valence-electron chi connectivity index (χ1n) is 5.16. The van der Waals surface area contributed by atoms with Crippen LogP contribution in [0.3, 0.4) is 0 Å². The van der Waals surface area contributed by atoms with E-state index in [0.717, 1.165) is 18.8 Å². The Labute approximate surface area is 86.0 Å². The molecule has 2 heteroatoms. The number of furan rings is 1. The van der Waals surface area contributed by atoms with Gasteiger partial charge in [0.05, 0.1) is 6.26 Å². The fourth-order valence-electron chi connectivity index (χ4n) is 1.27. The van der Waals surface area contributed by atoms with Gasteiger partial charge in [0.15, 0.2) is 0 Å². The van der Waals surface area contributed by atoms with Crippen molar-refractivity contribution in [3.05, 3.63) is 29.2 Å². The third kappa shape index (κ3) is 3.38. The maximum Gasteiger partial charge on any atom is 0.129 e. The first kappa shape index (κ1) is 11.1. The Hall–Kier alpha value is -1.02. The van der Waals surface area contributed by atoms with Crippen molar-refractivity contribution in [1.29, 1.82) is 0 Å². The number of nitrogens with one attached hydrogen (secondary N) is 1. The molecule has 0 aliphatic carbocycles. The molecule has 1 N–H and O–H groups in total. The van der Waals surface area contributed by atoms with Gasteiger partial charge < -0.3 is 9.73 Å². The molecule has 0 spiro atoms. The van der Waals surface area contributed by atoms with Crippen molar-refractivity contribution in [1.82, 2.24) is 5.32 Å². The van der Waals surface area contributed by atoms with Gasteiger partial charge in [-0.05, 0) is 44.5 Å². The largest absolute Gasteiger partial charge is 0.465 e. The zero-order valence-corrected chi connectivity index (χ0v) is 9.26. The van der Waals surface area contributed by atoms with Crippen LogP contribution in [0, 0.1) is 6.92 Å². The van der Waals surface area contributed by atoms with E-state index in [0.29, 0.717) is 0 Å². The summed E-state index contributed by atoms with van der Waals surface area (Å²) in [6, 6.07) is 1.98. The average Bonchev–Trinajstić information content (AvgIpc) is 2.52. The second-order valence-electron chi connectivity index (χ2n) is 3.64. The summed E-state index contributed by atoms with van der Waals surface area (Å²) in [5, 5.41) is 3.36. The van der Waals surface area contributed by atoms with Crippen molar-refractivity contribution in [2.45, 2.75) is 27.2 Å². The van der Waals surface area contributed by atoms with E-state index in [2.05, 4.69) is 32.2 Å². The van der Waals surface area contributed by atoms with Gasteiger partial charge in [0, 0.05) is 6.54 Å². The highest BCUT2D eigenvalue weighted by molar-refractivity contribution is 5.50. The first-order chi connectivity index (χ1) is 6.74. The molecule has 1 aromatic rings. The van der Waals surface area contributed by atoms with Crippen molar-refractivity contribution in [3.8, 4) is 0 Å². The molecule has 0 radical (unpaired) electrons. The van der Waals surface area contributed by atoms with Crippen LogP contribution < -0.4 is 5.32 Å². The molecule has 1 aromatic heterocycles. The molecule has 2 nitrogen and oxygen atoms in total. The van der Waals surface area contributed by atoms with Crippen molar-refractivity contribution in [2.24, 2.45) is 0 Å². The van der Waals surface area contributed by atoms with E-state index in [1.165, 1.54) is 17.6 Å². The lowest BCUT2D eigenvalue weighted by Gasteiger charge is -2.02. The Morgan fingerprint density at radius 2 is 2.36 bits per heavy atom. The van der Waals surface area contributed by atoms with Crippen LogP contribution >= 0.6 is 0 Å². The van der Waals surface area contributed by atoms with Crippen molar-refractivity contribution in [3.63, 3.8) is 0 Å². The quantitative estimate of drug-likeness (QED) is 0.727. The predicted molar refractivity (Wildman–Crippen MR) is 60.3 cm³/mol. The molecule has 0 atom stereocenters. The molecule has 0 amide bonds. The standard InChI is InChI=1S/C12H19NO/c1-4-6-13-9-10(2)8-12-11(3)5-7-14-12/h5,7-8,13H,4,6,9H2,1-3H3/b10-8+. The van der Waals surface area contributed by atoms with E-state index in [-0.39, 0.29) is 0 Å². The Morgan fingerprint density at radius 3 is 2.93 bits per heavy atom.